The predicted octanol–water partition coefficient (Wildman–Crippen LogP) is 1.45. The molecule has 120 valence electrons. The van der Waals surface area contributed by atoms with E-state index >= 15 is 0 Å². The lowest BCUT2D eigenvalue weighted by molar-refractivity contribution is 0.385. The average Bonchev–Trinajstić information content (AvgIpc) is 2.63. The highest BCUT2D eigenvalue weighted by Crippen LogP contribution is 2.01. The minimum absolute atomic E-state index is 0.165. The molecule has 0 aliphatic rings. The minimum atomic E-state index is -0.165. The maximum atomic E-state index is 12.6. The topological polar surface area (TPSA) is 44.1 Å². The number of aromatic nitrogens is 2. The monoisotopic (exact) mass is 318 g/mol. The molecule has 0 N–H and O–H groups in total. The van der Waals surface area contributed by atoms with Crippen LogP contribution in [0.25, 0.3) is 12.2 Å². The molecule has 24 heavy (non-hydrogen) atoms. The molecule has 2 aromatic carbocycles. The zero-order valence-electron chi connectivity index (χ0n) is 13.6. The van der Waals surface area contributed by atoms with Crippen molar-refractivity contribution < 1.29 is 4.74 Å². The van der Waals surface area contributed by atoms with Gasteiger partial charge < -0.3 is 9.30 Å². The van der Waals surface area contributed by atoms with Crippen molar-refractivity contribution in [1.29, 1.82) is 0 Å². The Morgan fingerprint density at radius 3 is 2.00 bits per heavy atom. The number of hydrogen-bond donors (Lipinski definition) is 0. The second-order valence-corrected chi connectivity index (χ2v) is 5.37. The van der Waals surface area contributed by atoms with Gasteiger partial charge in [-0.25, -0.2) is 4.98 Å². The van der Waals surface area contributed by atoms with Crippen LogP contribution in [0.5, 0.6) is 5.88 Å². The van der Waals surface area contributed by atoms with E-state index in [2.05, 4.69) is 4.98 Å². The van der Waals surface area contributed by atoms with Crippen LogP contribution in [0.15, 0.2) is 65.5 Å². The number of benzene rings is 2. The summed E-state index contributed by atoms with van der Waals surface area (Å²) in [5.74, 6) is 0.420. The summed E-state index contributed by atoms with van der Waals surface area (Å²) in [5.41, 5.74) is 1.73. The molecule has 0 aliphatic carbocycles. The average molecular weight is 318 g/mol. The normalized spacial score (nSPS) is 12.4. The summed E-state index contributed by atoms with van der Waals surface area (Å²) in [6.45, 7) is 0. The van der Waals surface area contributed by atoms with Gasteiger partial charge in [0.15, 0.2) is 0 Å². The third-order valence-corrected chi connectivity index (χ3v) is 3.73. The molecule has 0 amide bonds. The van der Waals surface area contributed by atoms with Gasteiger partial charge in [-0.2, -0.15) is 0 Å². The van der Waals surface area contributed by atoms with Gasteiger partial charge in [0.2, 0.25) is 5.88 Å². The van der Waals surface area contributed by atoms with Gasteiger partial charge in [-0.15, -0.1) is 0 Å². The molecule has 0 atom stereocenters. The van der Waals surface area contributed by atoms with Crippen molar-refractivity contribution in [2.45, 2.75) is 0 Å². The quantitative estimate of drug-likeness (QED) is 0.734. The summed E-state index contributed by atoms with van der Waals surface area (Å²) in [5, 5.41) is 0.990. The fourth-order valence-electron chi connectivity index (χ4n) is 2.46. The van der Waals surface area contributed by atoms with E-state index in [9.17, 15) is 4.79 Å². The van der Waals surface area contributed by atoms with E-state index in [0.717, 1.165) is 11.1 Å². The van der Waals surface area contributed by atoms with Crippen molar-refractivity contribution in [3.63, 3.8) is 0 Å². The molecule has 3 rings (SSSR count). The zero-order chi connectivity index (χ0) is 16.9. The van der Waals surface area contributed by atoms with Crippen LogP contribution in [0.1, 0.15) is 11.1 Å². The Hall–Kier alpha value is -3.14. The number of ether oxygens (including phenoxy) is 1. The number of methoxy groups -OCH3 is 1. The second kappa shape index (κ2) is 6.96. The summed E-state index contributed by atoms with van der Waals surface area (Å²) in [7, 11) is 3.28. The lowest BCUT2D eigenvalue weighted by Gasteiger charge is -2.06. The minimum Gasteiger partial charge on any atom is -0.479 e. The first-order chi connectivity index (χ1) is 11.7. The van der Waals surface area contributed by atoms with Gasteiger partial charge in [-0.3, -0.25) is 4.79 Å². The lowest BCUT2D eigenvalue weighted by atomic mass is 10.2. The summed E-state index contributed by atoms with van der Waals surface area (Å²) >= 11 is 0. The van der Waals surface area contributed by atoms with Crippen LogP contribution in [-0.4, -0.2) is 16.7 Å². The molecule has 3 aromatic rings. The maximum Gasteiger partial charge on any atom is 0.276 e. The predicted molar refractivity (Wildman–Crippen MR) is 95.3 cm³/mol. The summed E-state index contributed by atoms with van der Waals surface area (Å²) in [6.07, 6.45) is 3.65. The van der Waals surface area contributed by atoms with Crippen LogP contribution in [0, 0.1) is 0 Å². The van der Waals surface area contributed by atoms with Gasteiger partial charge in [0.25, 0.3) is 5.56 Å². The highest BCUT2D eigenvalue weighted by Gasteiger charge is 2.05. The van der Waals surface area contributed by atoms with Gasteiger partial charge in [0.1, 0.15) is 10.7 Å². The zero-order valence-corrected chi connectivity index (χ0v) is 13.6. The van der Waals surface area contributed by atoms with E-state index in [1.165, 1.54) is 0 Å². The summed E-state index contributed by atoms with van der Waals surface area (Å²) in [6, 6.07) is 19.4. The smallest absolute Gasteiger partial charge is 0.276 e. The van der Waals surface area contributed by atoms with Gasteiger partial charge >= 0.3 is 0 Å². The van der Waals surface area contributed by atoms with Crippen molar-refractivity contribution in [2.75, 3.05) is 7.11 Å². The van der Waals surface area contributed by atoms with Gasteiger partial charge in [0, 0.05) is 7.05 Å². The van der Waals surface area contributed by atoms with Gasteiger partial charge in [0.05, 0.1) is 7.11 Å². The van der Waals surface area contributed by atoms with E-state index < -0.39 is 0 Å². The van der Waals surface area contributed by atoms with Crippen LogP contribution in [0.3, 0.4) is 0 Å². The third kappa shape index (κ3) is 3.27. The Bertz CT molecular complexity index is 1010. The SMILES string of the molecule is COc1nc(=Cc2ccccc2)c(=O)n(C)c1=Cc1ccccc1. The second-order valence-electron chi connectivity index (χ2n) is 5.37. The van der Waals surface area contributed by atoms with Crippen molar-refractivity contribution in [3.8, 4) is 5.88 Å². The van der Waals surface area contributed by atoms with Gasteiger partial charge in [-0.1, -0.05) is 60.7 Å². The van der Waals surface area contributed by atoms with Crippen molar-refractivity contribution in [3.05, 3.63) is 92.8 Å². The molecule has 1 aromatic heterocycles. The largest absolute Gasteiger partial charge is 0.479 e. The van der Waals surface area contributed by atoms with Crippen molar-refractivity contribution in [2.24, 2.45) is 7.05 Å². The number of hydrogen-bond acceptors (Lipinski definition) is 3. The summed E-state index contributed by atoms with van der Waals surface area (Å²) < 4.78 is 6.97. The molecular weight excluding hydrogens is 300 g/mol. The standard InChI is InChI=1S/C20H18N2O2/c1-22-18(14-16-11-7-4-8-12-16)19(24-2)21-17(20(22)23)13-15-9-5-3-6-10-15/h3-14H,1-2H3. The van der Waals surface area contributed by atoms with E-state index in [4.69, 9.17) is 4.74 Å². The highest BCUT2D eigenvalue weighted by atomic mass is 16.5. The van der Waals surface area contributed by atoms with E-state index in [-0.39, 0.29) is 5.56 Å². The fourth-order valence-corrected chi connectivity index (χ4v) is 2.46. The molecule has 0 radical (unpaired) electrons. The molecule has 1 heterocycles. The highest BCUT2D eigenvalue weighted by molar-refractivity contribution is 5.51. The molecule has 0 unspecified atom stereocenters. The Kier molecular flexibility index (Phi) is 4.57. The molecule has 4 heteroatoms. The summed E-state index contributed by atoms with van der Waals surface area (Å²) in [4.78, 5) is 17.0. The van der Waals surface area contributed by atoms with Gasteiger partial charge in [-0.05, 0) is 23.3 Å². The van der Waals surface area contributed by atoms with Crippen LogP contribution >= 0.6 is 0 Å². The molecular formula is C20H18N2O2. The lowest BCUT2D eigenvalue weighted by Crippen LogP contribution is -2.44. The molecule has 0 bridgehead atoms. The van der Waals surface area contributed by atoms with Crippen molar-refractivity contribution >= 4 is 12.2 Å². The Morgan fingerprint density at radius 1 is 0.917 bits per heavy atom. The first-order valence-electron chi connectivity index (χ1n) is 7.63. The molecule has 4 nitrogen and oxygen atoms in total. The fraction of sp³-hybridized carbons (Fsp3) is 0.100. The van der Waals surface area contributed by atoms with E-state index in [1.54, 1.807) is 24.8 Å². The van der Waals surface area contributed by atoms with Crippen LogP contribution < -0.4 is 21.0 Å². The third-order valence-electron chi connectivity index (χ3n) is 3.73. The van der Waals surface area contributed by atoms with Crippen molar-refractivity contribution in [1.82, 2.24) is 9.55 Å². The Morgan fingerprint density at radius 2 is 1.46 bits per heavy atom. The Balaban J connectivity index is 2.25. The van der Waals surface area contributed by atoms with Crippen LogP contribution in [0.4, 0.5) is 0 Å². The number of nitrogens with zero attached hydrogens (tertiary/aromatic N) is 2. The van der Waals surface area contributed by atoms with E-state index in [1.807, 2.05) is 66.7 Å². The number of rotatable bonds is 3. The molecule has 0 saturated carbocycles. The van der Waals surface area contributed by atoms with E-state index in [0.29, 0.717) is 16.6 Å². The molecule has 0 fully saturated rings. The first-order valence-corrected chi connectivity index (χ1v) is 7.63. The maximum absolute atomic E-state index is 12.6. The molecule has 0 spiro atoms. The van der Waals surface area contributed by atoms with Crippen LogP contribution in [-0.2, 0) is 7.05 Å². The first kappa shape index (κ1) is 15.7. The van der Waals surface area contributed by atoms with Crippen LogP contribution in [0.2, 0.25) is 0 Å². The Labute approximate surface area is 140 Å². The molecule has 0 saturated heterocycles. The molecule has 0 aliphatic heterocycles.